The van der Waals surface area contributed by atoms with E-state index in [1.165, 1.54) is 0 Å². The zero-order valence-electron chi connectivity index (χ0n) is 21.6. The Balaban J connectivity index is 1.32. The van der Waals surface area contributed by atoms with E-state index in [0.29, 0.717) is 37.1 Å². The van der Waals surface area contributed by atoms with Gasteiger partial charge < -0.3 is 15.5 Å². The van der Waals surface area contributed by atoms with Gasteiger partial charge in [0, 0.05) is 43.6 Å². The van der Waals surface area contributed by atoms with Crippen LogP contribution in [-0.2, 0) is 9.59 Å². The minimum atomic E-state index is -4.31. The Hall–Kier alpha value is -1.84. The van der Waals surface area contributed by atoms with E-state index in [1.54, 1.807) is 0 Å². The van der Waals surface area contributed by atoms with Gasteiger partial charge in [-0.15, -0.1) is 0 Å². The topological polar surface area (TPSA) is 90.5 Å². The average Bonchev–Trinajstić information content (AvgIpc) is 2.82. The number of hydrogen-bond acceptors (Lipinski definition) is 4. The molecule has 4 aliphatic rings. The summed E-state index contributed by atoms with van der Waals surface area (Å²) in [5, 5.41) is 8.71. The maximum absolute atomic E-state index is 13.4. The van der Waals surface area contributed by atoms with Crippen LogP contribution in [0, 0.1) is 35.5 Å². The molecule has 4 rings (SSSR count). The van der Waals surface area contributed by atoms with E-state index < -0.39 is 30.0 Å². The van der Waals surface area contributed by atoms with E-state index in [1.807, 2.05) is 11.9 Å². The van der Waals surface area contributed by atoms with Crippen molar-refractivity contribution >= 4 is 17.8 Å². The Morgan fingerprint density at radius 1 is 1.03 bits per heavy atom. The van der Waals surface area contributed by atoms with Crippen molar-refractivity contribution in [3.63, 3.8) is 0 Å². The number of fused-ring (bicyclic) bond motifs is 1. The molecule has 2 saturated heterocycles. The molecule has 0 bridgehead atoms. The molecule has 7 nitrogen and oxygen atoms in total. The van der Waals surface area contributed by atoms with Crippen LogP contribution in [0.2, 0.25) is 0 Å². The van der Waals surface area contributed by atoms with Crippen LogP contribution in [0.3, 0.4) is 0 Å². The number of amides is 4. The van der Waals surface area contributed by atoms with Crippen LogP contribution in [0.1, 0.15) is 71.6 Å². The number of urea groups is 1. The first-order valence-electron chi connectivity index (χ1n) is 13.6. The summed E-state index contributed by atoms with van der Waals surface area (Å²) < 4.78 is 39.3. The molecule has 0 aromatic rings. The fourth-order valence-electron chi connectivity index (χ4n) is 7.26. The van der Waals surface area contributed by atoms with Gasteiger partial charge in [-0.3, -0.25) is 14.9 Å². The molecule has 4 amide bonds. The number of alkyl halides is 3. The van der Waals surface area contributed by atoms with Crippen molar-refractivity contribution in [2.24, 2.45) is 35.5 Å². The number of rotatable bonds is 3. The lowest BCUT2D eigenvalue weighted by molar-refractivity contribution is -0.186. The summed E-state index contributed by atoms with van der Waals surface area (Å²) in [5.74, 6) is -1.90. The van der Waals surface area contributed by atoms with Crippen molar-refractivity contribution in [2.75, 3.05) is 13.6 Å². The van der Waals surface area contributed by atoms with Gasteiger partial charge >= 0.3 is 12.2 Å². The van der Waals surface area contributed by atoms with Crippen molar-refractivity contribution in [3.8, 4) is 0 Å². The average molecular weight is 515 g/mol. The van der Waals surface area contributed by atoms with Gasteiger partial charge in [0.25, 0.3) is 0 Å². The maximum Gasteiger partial charge on any atom is 0.391 e. The number of halogens is 3. The van der Waals surface area contributed by atoms with Crippen LogP contribution in [0.4, 0.5) is 18.0 Å². The molecule has 2 aliphatic carbocycles. The van der Waals surface area contributed by atoms with E-state index in [-0.39, 0.29) is 42.7 Å². The molecule has 0 aromatic heterocycles. The fourth-order valence-corrected chi connectivity index (χ4v) is 7.26. The predicted octanol–water partition coefficient (Wildman–Crippen LogP) is 3.83. The largest absolute Gasteiger partial charge is 0.391 e. The molecule has 2 aliphatic heterocycles. The molecule has 0 spiro atoms. The minimum absolute atomic E-state index is 0.0346. The van der Waals surface area contributed by atoms with Crippen LogP contribution >= 0.6 is 0 Å². The molecule has 0 radical (unpaired) electrons. The molecule has 2 heterocycles. The summed E-state index contributed by atoms with van der Waals surface area (Å²) in [6.07, 6.45) is 0.237. The summed E-state index contributed by atoms with van der Waals surface area (Å²) in [6, 6.07) is -0.153. The van der Waals surface area contributed by atoms with Gasteiger partial charge in [-0.25, -0.2) is 4.79 Å². The molecule has 3 N–H and O–H groups in total. The lowest BCUT2D eigenvalue weighted by Crippen LogP contribution is -2.60. The molecular formula is C26H41F3N4O3. The molecule has 9 unspecified atom stereocenters. The number of hydrogen-bond donors (Lipinski definition) is 3. The predicted molar refractivity (Wildman–Crippen MR) is 129 cm³/mol. The number of likely N-dealkylation sites (tertiary alicyclic amines) is 1. The second-order valence-corrected chi connectivity index (χ2v) is 11.9. The summed E-state index contributed by atoms with van der Waals surface area (Å²) in [4.78, 5) is 40.4. The number of imide groups is 1. The Kier molecular flexibility index (Phi) is 8.22. The Labute approximate surface area is 211 Å². The highest BCUT2D eigenvalue weighted by molar-refractivity contribution is 5.95. The Bertz CT molecular complexity index is 838. The van der Waals surface area contributed by atoms with E-state index in [0.717, 1.165) is 32.2 Å². The van der Waals surface area contributed by atoms with Gasteiger partial charge in [-0.1, -0.05) is 13.3 Å². The lowest BCUT2D eigenvalue weighted by atomic mass is 9.65. The first-order chi connectivity index (χ1) is 16.9. The van der Waals surface area contributed by atoms with Crippen molar-refractivity contribution in [1.82, 2.24) is 20.9 Å². The zero-order valence-corrected chi connectivity index (χ0v) is 21.6. The third-order valence-electron chi connectivity index (χ3n) is 9.44. The summed E-state index contributed by atoms with van der Waals surface area (Å²) in [5.41, 5.74) is 0. The third kappa shape index (κ3) is 6.00. The van der Waals surface area contributed by atoms with Crippen molar-refractivity contribution in [1.29, 1.82) is 0 Å². The molecule has 0 aromatic carbocycles. The summed E-state index contributed by atoms with van der Waals surface area (Å²) in [6.45, 7) is 5.23. The monoisotopic (exact) mass is 514 g/mol. The second-order valence-electron chi connectivity index (χ2n) is 11.9. The summed E-state index contributed by atoms with van der Waals surface area (Å²) in [7, 11) is 1.92. The number of carbonyl (C=O) groups excluding carboxylic acids is 3. The SMILES string of the molecule is CC1CC2C(CN1)CC(C1CC(NC(=O)NC(=O)C3CCCC(C(F)(F)F)C3)CCC1C)C(=O)N2C. The molecule has 10 heteroatoms. The minimum Gasteiger partial charge on any atom is -0.342 e. The molecule has 36 heavy (non-hydrogen) atoms. The standard InChI is InChI=1S/C26H41F3N4O3/c1-14-7-8-19(31-25(36)32-23(34)16-5-4-6-18(10-16)26(27,28)29)12-20(14)21-11-17-13-30-15(2)9-22(17)33(3)24(21)35/h14-22,30H,4-13H2,1-3H3,(H2,31,32,34,36). The van der Waals surface area contributed by atoms with E-state index in [4.69, 9.17) is 0 Å². The number of nitrogens with zero attached hydrogens (tertiary/aromatic N) is 1. The molecular weight excluding hydrogens is 473 g/mol. The van der Waals surface area contributed by atoms with Crippen LogP contribution in [0.5, 0.6) is 0 Å². The molecule has 204 valence electrons. The van der Waals surface area contributed by atoms with E-state index in [2.05, 4.69) is 29.8 Å². The maximum atomic E-state index is 13.4. The van der Waals surface area contributed by atoms with Crippen LogP contribution in [-0.4, -0.2) is 60.6 Å². The number of carbonyl (C=O) groups is 3. The second kappa shape index (κ2) is 10.9. The van der Waals surface area contributed by atoms with Crippen LogP contribution in [0.15, 0.2) is 0 Å². The fraction of sp³-hybridized carbons (Fsp3) is 0.885. The number of piperidine rings is 2. The Morgan fingerprint density at radius 3 is 2.50 bits per heavy atom. The van der Waals surface area contributed by atoms with Gasteiger partial charge in [0.1, 0.15) is 0 Å². The van der Waals surface area contributed by atoms with E-state index in [9.17, 15) is 27.6 Å². The molecule has 2 saturated carbocycles. The first kappa shape index (κ1) is 27.2. The van der Waals surface area contributed by atoms with Crippen molar-refractivity contribution in [3.05, 3.63) is 0 Å². The van der Waals surface area contributed by atoms with E-state index >= 15 is 0 Å². The highest BCUT2D eigenvalue weighted by Crippen LogP contribution is 2.43. The molecule has 9 atom stereocenters. The zero-order chi connectivity index (χ0) is 26.2. The van der Waals surface area contributed by atoms with Gasteiger partial charge in [-0.2, -0.15) is 13.2 Å². The van der Waals surface area contributed by atoms with Gasteiger partial charge in [0.05, 0.1) is 5.92 Å². The van der Waals surface area contributed by atoms with Crippen LogP contribution < -0.4 is 16.0 Å². The van der Waals surface area contributed by atoms with Crippen molar-refractivity contribution < 1.29 is 27.6 Å². The highest BCUT2D eigenvalue weighted by atomic mass is 19.4. The highest BCUT2D eigenvalue weighted by Gasteiger charge is 2.47. The number of nitrogens with one attached hydrogen (secondary N) is 3. The Morgan fingerprint density at radius 2 is 1.78 bits per heavy atom. The smallest absolute Gasteiger partial charge is 0.342 e. The third-order valence-corrected chi connectivity index (χ3v) is 9.44. The van der Waals surface area contributed by atoms with Crippen molar-refractivity contribution in [2.45, 2.75) is 95.9 Å². The van der Waals surface area contributed by atoms with Crippen LogP contribution in [0.25, 0.3) is 0 Å². The van der Waals surface area contributed by atoms with Gasteiger partial charge in [0.15, 0.2) is 0 Å². The molecule has 4 fully saturated rings. The first-order valence-corrected chi connectivity index (χ1v) is 13.6. The summed E-state index contributed by atoms with van der Waals surface area (Å²) >= 11 is 0. The lowest BCUT2D eigenvalue weighted by Gasteiger charge is -2.50. The normalized spacial score (nSPS) is 39.8. The quantitative estimate of drug-likeness (QED) is 0.534. The van der Waals surface area contributed by atoms with Gasteiger partial charge in [0.2, 0.25) is 11.8 Å². The van der Waals surface area contributed by atoms with Gasteiger partial charge in [-0.05, 0) is 76.0 Å².